The van der Waals surface area contributed by atoms with Crippen LogP contribution in [-0.2, 0) is 11.2 Å². The Hall–Kier alpha value is -2.10. The topological polar surface area (TPSA) is 67.5 Å². The van der Waals surface area contributed by atoms with Crippen molar-refractivity contribution < 1.29 is 14.3 Å². The Labute approximate surface area is 117 Å². The first kappa shape index (κ1) is 14.3. The fourth-order valence-corrected chi connectivity index (χ4v) is 2.62. The Balaban J connectivity index is 3.07. The van der Waals surface area contributed by atoms with Crippen molar-refractivity contribution in [2.45, 2.75) is 41.0 Å². The lowest BCUT2D eigenvalue weighted by Crippen LogP contribution is -2.13. The van der Waals surface area contributed by atoms with Crippen LogP contribution in [0.15, 0.2) is 9.21 Å². The van der Waals surface area contributed by atoms with Crippen LogP contribution in [-0.4, -0.2) is 11.1 Å². The number of benzene rings is 1. The SMILES string of the molecule is Cc1c(C)c(C)c2c(CC(=O)O)c(C)c(=O)oc2c1C. The number of rotatable bonds is 2. The van der Waals surface area contributed by atoms with Gasteiger partial charge in [-0.25, -0.2) is 4.79 Å². The fourth-order valence-electron chi connectivity index (χ4n) is 2.62. The summed E-state index contributed by atoms with van der Waals surface area (Å²) in [6.07, 6.45) is -0.170. The second-order valence-corrected chi connectivity index (χ2v) is 5.27. The Kier molecular flexibility index (Phi) is 3.42. The first-order chi connectivity index (χ1) is 9.25. The predicted molar refractivity (Wildman–Crippen MR) is 77.5 cm³/mol. The number of hydrogen-bond acceptors (Lipinski definition) is 3. The minimum Gasteiger partial charge on any atom is -0.481 e. The molecule has 0 aliphatic carbocycles. The van der Waals surface area contributed by atoms with Crippen molar-refractivity contribution in [3.63, 3.8) is 0 Å². The average Bonchev–Trinajstić information content (AvgIpc) is 2.38. The van der Waals surface area contributed by atoms with Crippen molar-refractivity contribution in [1.82, 2.24) is 0 Å². The van der Waals surface area contributed by atoms with Gasteiger partial charge >= 0.3 is 11.6 Å². The van der Waals surface area contributed by atoms with Crippen LogP contribution >= 0.6 is 0 Å². The van der Waals surface area contributed by atoms with Crippen molar-refractivity contribution in [1.29, 1.82) is 0 Å². The summed E-state index contributed by atoms with van der Waals surface area (Å²) in [6.45, 7) is 9.44. The molecule has 0 aliphatic rings. The maximum absolute atomic E-state index is 11.9. The van der Waals surface area contributed by atoms with E-state index in [9.17, 15) is 9.59 Å². The number of carboxylic acids is 1. The molecule has 2 rings (SSSR count). The molecule has 1 heterocycles. The molecule has 4 heteroatoms. The number of fused-ring (bicyclic) bond motifs is 1. The van der Waals surface area contributed by atoms with E-state index in [1.165, 1.54) is 0 Å². The summed E-state index contributed by atoms with van der Waals surface area (Å²) < 4.78 is 5.41. The molecule has 0 spiro atoms. The Morgan fingerprint density at radius 2 is 1.50 bits per heavy atom. The monoisotopic (exact) mass is 274 g/mol. The zero-order valence-corrected chi connectivity index (χ0v) is 12.4. The molecule has 0 radical (unpaired) electrons. The molecule has 0 aliphatic heterocycles. The van der Waals surface area contributed by atoms with Crippen LogP contribution in [0.5, 0.6) is 0 Å². The van der Waals surface area contributed by atoms with Gasteiger partial charge in [0.05, 0.1) is 6.42 Å². The molecule has 1 N–H and O–H groups in total. The zero-order valence-electron chi connectivity index (χ0n) is 12.4. The maximum atomic E-state index is 11.9. The molecule has 0 saturated heterocycles. The van der Waals surface area contributed by atoms with Crippen molar-refractivity contribution in [3.8, 4) is 0 Å². The Morgan fingerprint density at radius 1 is 0.950 bits per heavy atom. The van der Waals surface area contributed by atoms with Gasteiger partial charge in [-0.15, -0.1) is 0 Å². The predicted octanol–water partition coefficient (Wildman–Crippen LogP) is 2.96. The molecule has 1 aromatic heterocycles. The number of aliphatic carboxylic acids is 1. The van der Waals surface area contributed by atoms with Crippen LogP contribution in [0.4, 0.5) is 0 Å². The fraction of sp³-hybridized carbons (Fsp3) is 0.375. The molecule has 0 unspecified atom stereocenters. The van der Waals surface area contributed by atoms with Crippen LogP contribution < -0.4 is 5.63 Å². The van der Waals surface area contributed by atoms with Crippen LogP contribution in [0, 0.1) is 34.6 Å². The molecular formula is C16H18O4. The minimum absolute atomic E-state index is 0.170. The molecule has 2 aromatic rings. The van der Waals surface area contributed by atoms with Gasteiger partial charge in [-0.05, 0) is 62.4 Å². The van der Waals surface area contributed by atoms with Gasteiger partial charge in [0.2, 0.25) is 0 Å². The third-order valence-electron chi connectivity index (χ3n) is 4.21. The second-order valence-electron chi connectivity index (χ2n) is 5.27. The van der Waals surface area contributed by atoms with E-state index in [1.54, 1.807) is 6.92 Å². The second kappa shape index (κ2) is 4.78. The molecule has 0 saturated carbocycles. The lowest BCUT2D eigenvalue weighted by molar-refractivity contribution is -0.136. The van der Waals surface area contributed by atoms with E-state index < -0.39 is 11.6 Å². The van der Waals surface area contributed by atoms with Crippen LogP contribution in [0.3, 0.4) is 0 Å². The summed E-state index contributed by atoms with van der Waals surface area (Å²) in [5.41, 5.74) is 5.05. The van der Waals surface area contributed by atoms with Crippen LogP contribution in [0.25, 0.3) is 11.0 Å². The van der Waals surface area contributed by atoms with Gasteiger partial charge in [-0.3, -0.25) is 4.79 Å². The molecule has 20 heavy (non-hydrogen) atoms. The van der Waals surface area contributed by atoms with Crippen LogP contribution in [0.1, 0.15) is 33.4 Å². The Bertz CT molecular complexity index is 782. The molecule has 106 valence electrons. The van der Waals surface area contributed by atoms with E-state index in [4.69, 9.17) is 9.52 Å². The van der Waals surface area contributed by atoms with Gasteiger partial charge < -0.3 is 9.52 Å². The third kappa shape index (κ3) is 2.01. The van der Waals surface area contributed by atoms with Crippen molar-refractivity contribution in [2.24, 2.45) is 0 Å². The van der Waals surface area contributed by atoms with E-state index in [-0.39, 0.29) is 6.42 Å². The normalized spacial score (nSPS) is 11.1. The smallest absolute Gasteiger partial charge is 0.339 e. The highest BCUT2D eigenvalue weighted by molar-refractivity contribution is 5.91. The highest BCUT2D eigenvalue weighted by Crippen LogP contribution is 2.31. The number of hydrogen-bond donors (Lipinski definition) is 1. The maximum Gasteiger partial charge on any atom is 0.339 e. The van der Waals surface area contributed by atoms with Gasteiger partial charge in [0, 0.05) is 10.9 Å². The third-order valence-corrected chi connectivity index (χ3v) is 4.21. The van der Waals surface area contributed by atoms with Gasteiger partial charge in [-0.1, -0.05) is 0 Å². The molecule has 0 bridgehead atoms. The van der Waals surface area contributed by atoms with Gasteiger partial charge in [0.1, 0.15) is 5.58 Å². The summed E-state index contributed by atoms with van der Waals surface area (Å²) >= 11 is 0. The Morgan fingerprint density at radius 3 is 2.05 bits per heavy atom. The largest absolute Gasteiger partial charge is 0.481 e. The van der Waals surface area contributed by atoms with Gasteiger partial charge in [0.15, 0.2) is 0 Å². The summed E-state index contributed by atoms with van der Waals surface area (Å²) in [6, 6.07) is 0. The average molecular weight is 274 g/mol. The van der Waals surface area contributed by atoms with E-state index in [0.717, 1.165) is 27.6 Å². The summed E-state index contributed by atoms with van der Waals surface area (Å²) in [5.74, 6) is -0.949. The first-order valence-electron chi connectivity index (χ1n) is 6.50. The molecule has 0 amide bonds. The number of carbonyl (C=O) groups is 1. The molecule has 0 atom stereocenters. The molecule has 4 nitrogen and oxygen atoms in total. The standard InChI is InChI=1S/C16H18O4/c1-7-8(2)10(4)15-14(9(7)3)12(6-13(17)18)11(5)16(19)20-15/h6H2,1-5H3,(H,17,18). The molecule has 1 aromatic carbocycles. The lowest BCUT2D eigenvalue weighted by atomic mass is 9.90. The summed E-state index contributed by atoms with van der Waals surface area (Å²) in [4.78, 5) is 23.0. The molecule has 0 fully saturated rings. The van der Waals surface area contributed by atoms with E-state index >= 15 is 0 Å². The van der Waals surface area contributed by atoms with Crippen molar-refractivity contribution >= 4 is 16.9 Å². The summed E-state index contributed by atoms with van der Waals surface area (Å²) in [7, 11) is 0. The number of aryl methyl sites for hydroxylation is 2. The number of carboxylic acid groups (broad SMARTS) is 1. The zero-order chi connectivity index (χ0) is 15.2. The van der Waals surface area contributed by atoms with Gasteiger partial charge in [0.25, 0.3) is 0 Å². The lowest BCUT2D eigenvalue weighted by Gasteiger charge is -2.16. The van der Waals surface area contributed by atoms with E-state index in [2.05, 4.69) is 0 Å². The minimum atomic E-state index is -0.949. The summed E-state index contributed by atoms with van der Waals surface area (Å²) in [5, 5.41) is 9.86. The van der Waals surface area contributed by atoms with E-state index in [1.807, 2.05) is 27.7 Å². The van der Waals surface area contributed by atoms with Crippen molar-refractivity contribution in [2.75, 3.05) is 0 Å². The molecular weight excluding hydrogens is 256 g/mol. The highest BCUT2D eigenvalue weighted by Gasteiger charge is 2.19. The highest BCUT2D eigenvalue weighted by atomic mass is 16.4. The van der Waals surface area contributed by atoms with Gasteiger partial charge in [-0.2, -0.15) is 0 Å². The van der Waals surface area contributed by atoms with E-state index in [0.29, 0.717) is 16.7 Å². The van der Waals surface area contributed by atoms with Crippen LogP contribution in [0.2, 0.25) is 0 Å². The van der Waals surface area contributed by atoms with Crippen molar-refractivity contribution in [3.05, 3.63) is 43.8 Å². The quantitative estimate of drug-likeness (QED) is 0.855. The first-order valence-corrected chi connectivity index (χ1v) is 6.50.